The Balaban J connectivity index is 1.51. The summed E-state index contributed by atoms with van der Waals surface area (Å²) in [5.74, 6) is 4.25. The first-order valence-corrected chi connectivity index (χ1v) is 7.74. The van der Waals surface area contributed by atoms with E-state index in [4.69, 9.17) is 4.52 Å². The molecule has 2 aromatic rings. The Morgan fingerprint density at radius 2 is 2.14 bits per heavy atom. The number of hydrogen-bond acceptors (Lipinski definition) is 6. The summed E-state index contributed by atoms with van der Waals surface area (Å²) in [4.78, 5) is 6.89. The summed E-state index contributed by atoms with van der Waals surface area (Å²) in [7, 11) is 0. The SMILES string of the molecule is CCc1nnc2n1CCN(C(C)c1nc(C3CC3)no1)C2. The van der Waals surface area contributed by atoms with Crippen molar-refractivity contribution in [1.82, 2.24) is 29.8 Å². The predicted molar refractivity (Wildman–Crippen MR) is 74.5 cm³/mol. The van der Waals surface area contributed by atoms with Crippen LogP contribution >= 0.6 is 0 Å². The van der Waals surface area contributed by atoms with E-state index in [1.54, 1.807) is 0 Å². The van der Waals surface area contributed by atoms with Crippen LogP contribution in [-0.4, -0.2) is 36.3 Å². The molecule has 2 aromatic heterocycles. The van der Waals surface area contributed by atoms with Crippen molar-refractivity contribution in [3.63, 3.8) is 0 Å². The average Bonchev–Trinajstić information content (AvgIpc) is 3.11. The third kappa shape index (κ3) is 2.25. The van der Waals surface area contributed by atoms with Crippen LogP contribution in [0.2, 0.25) is 0 Å². The van der Waals surface area contributed by atoms with Gasteiger partial charge in [-0.25, -0.2) is 0 Å². The van der Waals surface area contributed by atoms with Gasteiger partial charge < -0.3 is 9.09 Å². The average molecular weight is 288 g/mol. The Morgan fingerprint density at radius 3 is 2.90 bits per heavy atom. The summed E-state index contributed by atoms with van der Waals surface area (Å²) in [6, 6.07) is 0.125. The maximum atomic E-state index is 5.45. The van der Waals surface area contributed by atoms with E-state index in [-0.39, 0.29) is 6.04 Å². The van der Waals surface area contributed by atoms with E-state index >= 15 is 0 Å². The maximum absolute atomic E-state index is 5.45. The molecule has 21 heavy (non-hydrogen) atoms. The standard InChI is InChI=1S/C14H20N6O/c1-3-11-16-17-12-8-19(6-7-20(11)12)9(2)14-15-13(18-21-14)10-4-5-10/h9-10H,3-8H2,1-2H3. The van der Waals surface area contributed by atoms with Gasteiger partial charge in [-0.3, -0.25) is 4.90 Å². The first-order chi connectivity index (χ1) is 10.3. The van der Waals surface area contributed by atoms with Crippen LogP contribution in [0.5, 0.6) is 0 Å². The number of rotatable bonds is 4. The second-order valence-corrected chi connectivity index (χ2v) is 5.95. The van der Waals surface area contributed by atoms with E-state index < -0.39 is 0 Å². The Kier molecular flexibility index (Phi) is 3.02. The minimum absolute atomic E-state index is 0.125. The predicted octanol–water partition coefficient (Wildman–Crippen LogP) is 1.68. The van der Waals surface area contributed by atoms with Crippen molar-refractivity contribution in [3.8, 4) is 0 Å². The third-order valence-corrected chi connectivity index (χ3v) is 4.48. The highest BCUT2D eigenvalue weighted by atomic mass is 16.5. The molecule has 112 valence electrons. The number of nitrogens with zero attached hydrogens (tertiary/aromatic N) is 6. The maximum Gasteiger partial charge on any atom is 0.243 e. The highest BCUT2D eigenvalue weighted by Crippen LogP contribution is 2.38. The van der Waals surface area contributed by atoms with E-state index in [1.807, 2.05) is 0 Å². The fourth-order valence-corrected chi connectivity index (χ4v) is 2.91. The Morgan fingerprint density at radius 1 is 1.29 bits per heavy atom. The first-order valence-electron chi connectivity index (χ1n) is 7.74. The molecule has 0 spiro atoms. The second-order valence-electron chi connectivity index (χ2n) is 5.95. The molecule has 1 saturated carbocycles. The molecule has 0 aromatic carbocycles. The summed E-state index contributed by atoms with van der Waals surface area (Å²) >= 11 is 0. The molecule has 7 nitrogen and oxygen atoms in total. The van der Waals surface area contributed by atoms with Crippen molar-refractivity contribution in [2.24, 2.45) is 0 Å². The molecule has 1 aliphatic carbocycles. The van der Waals surface area contributed by atoms with Gasteiger partial charge in [0, 0.05) is 25.4 Å². The van der Waals surface area contributed by atoms with E-state index in [0.29, 0.717) is 5.92 Å². The van der Waals surface area contributed by atoms with Gasteiger partial charge in [-0.2, -0.15) is 4.98 Å². The molecule has 4 rings (SSSR count). The van der Waals surface area contributed by atoms with E-state index in [1.165, 1.54) is 12.8 Å². The third-order valence-electron chi connectivity index (χ3n) is 4.48. The van der Waals surface area contributed by atoms with Crippen LogP contribution in [0.15, 0.2) is 4.52 Å². The van der Waals surface area contributed by atoms with E-state index in [0.717, 1.165) is 49.4 Å². The van der Waals surface area contributed by atoms with Crippen molar-refractivity contribution >= 4 is 0 Å². The van der Waals surface area contributed by atoms with Crippen LogP contribution in [0.25, 0.3) is 0 Å². The van der Waals surface area contributed by atoms with Gasteiger partial charge in [0.05, 0.1) is 12.6 Å². The molecule has 0 radical (unpaired) electrons. The molecule has 0 saturated heterocycles. The lowest BCUT2D eigenvalue weighted by Crippen LogP contribution is -2.36. The number of fused-ring (bicyclic) bond motifs is 1. The lowest BCUT2D eigenvalue weighted by Gasteiger charge is -2.30. The Bertz CT molecular complexity index is 644. The minimum atomic E-state index is 0.125. The fraction of sp³-hybridized carbons (Fsp3) is 0.714. The van der Waals surface area contributed by atoms with Crippen LogP contribution in [0.3, 0.4) is 0 Å². The fourth-order valence-electron chi connectivity index (χ4n) is 2.91. The smallest absolute Gasteiger partial charge is 0.243 e. The van der Waals surface area contributed by atoms with Crippen molar-refractivity contribution < 1.29 is 4.52 Å². The van der Waals surface area contributed by atoms with Crippen LogP contribution < -0.4 is 0 Å². The molecular formula is C14H20N6O. The highest BCUT2D eigenvalue weighted by molar-refractivity contribution is 5.06. The molecule has 2 aliphatic rings. The summed E-state index contributed by atoms with van der Waals surface area (Å²) < 4.78 is 7.68. The van der Waals surface area contributed by atoms with Crippen molar-refractivity contribution in [2.45, 2.75) is 58.2 Å². The molecule has 0 bridgehead atoms. The molecule has 0 N–H and O–H groups in total. The van der Waals surface area contributed by atoms with Gasteiger partial charge >= 0.3 is 0 Å². The Labute approximate surface area is 123 Å². The molecule has 1 fully saturated rings. The van der Waals surface area contributed by atoms with Gasteiger partial charge in [-0.05, 0) is 19.8 Å². The normalized spacial score (nSPS) is 20.5. The van der Waals surface area contributed by atoms with Gasteiger partial charge in [0.2, 0.25) is 5.89 Å². The summed E-state index contributed by atoms with van der Waals surface area (Å²) in [6.45, 7) is 6.91. The van der Waals surface area contributed by atoms with Crippen LogP contribution in [0, 0.1) is 0 Å². The molecule has 1 atom stereocenters. The number of aryl methyl sites for hydroxylation is 1. The van der Waals surface area contributed by atoms with Crippen LogP contribution in [-0.2, 0) is 19.5 Å². The lowest BCUT2D eigenvalue weighted by atomic mass is 10.2. The Hall–Kier alpha value is -1.76. The van der Waals surface area contributed by atoms with Gasteiger partial charge in [-0.1, -0.05) is 12.1 Å². The first kappa shape index (κ1) is 12.9. The second kappa shape index (κ2) is 4.91. The van der Waals surface area contributed by atoms with Crippen LogP contribution in [0.4, 0.5) is 0 Å². The largest absolute Gasteiger partial charge is 0.338 e. The molecule has 1 aliphatic heterocycles. The zero-order valence-electron chi connectivity index (χ0n) is 12.5. The summed E-state index contributed by atoms with van der Waals surface area (Å²) in [6.07, 6.45) is 3.32. The van der Waals surface area contributed by atoms with Gasteiger partial charge in [-0.15, -0.1) is 10.2 Å². The van der Waals surface area contributed by atoms with Crippen molar-refractivity contribution in [3.05, 3.63) is 23.4 Å². The molecule has 3 heterocycles. The number of hydrogen-bond donors (Lipinski definition) is 0. The van der Waals surface area contributed by atoms with Gasteiger partial charge in [0.1, 0.15) is 11.6 Å². The van der Waals surface area contributed by atoms with E-state index in [2.05, 4.69) is 43.7 Å². The van der Waals surface area contributed by atoms with Crippen LogP contribution in [0.1, 0.15) is 62.0 Å². The van der Waals surface area contributed by atoms with Crippen molar-refractivity contribution in [2.75, 3.05) is 6.54 Å². The highest BCUT2D eigenvalue weighted by Gasteiger charge is 2.32. The molecule has 7 heteroatoms. The molecular weight excluding hydrogens is 268 g/mol. The molecule has 1 unspecified atom stereocenters. The van der Waals surface area contributed by atoms with E-state index in [9.17, 15) is 0 Å². The van der Waals surface area contributed by atoms with Crippen molar-refractivity contribution in [1.29, 1.82) is 0 Å². The van der Waals surface area contributed by atoms with Gasteiger partial charge in [0.15, 0.2) is 5.82 Å². The quantitative estimate of drug-likeness (QED) is 0.852. The molecule has 0 amide bonds. The topological polar surface area (TPSA) is 72.9 Å². The zero-order valence-corrected chi connectivity index (χ0v) is 12.5. The van der Waals surface area contributed by atoms with Gasteiger partial charge in [0.25, 0.3) is 0 Å². The lowest BCUT2D eigenvalue weighted by molar-refractivity contribution is 0.135. The summed E-state index contributed by atoms with van der Waals surface area (Å²) in [5.41, 5.74) is 0. The zero-order chi connectivity index (χ0) is 14.4. The minimum Gasteiger partial charge on any atom is -0.338 e. The number of aromatic nitrogens is 5. The summed E-state index contributed by atoms with van der Waals surface area (Å²) in [5, 5.41) is 12.7. The monoisotopic (exact) mass is 288 g/mol.